The van der Waals surface area contributed by atoms with Crippen LogP contribution in [0.1, 0.15) is 0 Å². The van der Waals surface area contributed by atoms with Crippen molar-refractivity contribution in [2.75, 3.05) is 4.90 Å². The van der Waals surface area contributed by atoms with E-state index >= 15 is 0 Å². The van der Waals surface area contributed by atoms with Gasteiger partial charge in [-0.15, -0.1) is 0 Å². The van der Waals surface area contributed by atoms with Crippen LogP contribution < -0.4 is 4.90 Å². The Morgan fingerprint density at radius 1 is 0.267 bits per heavy atom. The molecule has 3 heteroatoms. The maximum absolute atomic E-state index is 6.60. The molecule has 0 N–H and O–H groups in total. The predicted octanol–water partition coefficient (Wildman–Crippen LogP) is 20.3. The molecule has 0 aliphatic rings. The summed E-state index contributed by atoms with van der Waals surface area (Å²) in [5, 5.41) is 12.1. The zero-order valence-corrected chi connectivity index (χ0v) is 40.9. The first-order valence-corrected chi connectivity index (χ1v) is 25.7. The van der Waals surface area contributed by atoms with E-state index in [0.29, 0.717) is 0 Å². The molecule has 0 aliphatic carbocycles. The van der Waals surface area contributed by atoms with Crippen molar-refractivity contribution in [3.63, 3.8) is 0 Å². The Hall–Kier alpha value is -9.96. The molecule has 0 amide bonds. The molecule has 0 bridgehead atoms. The van der Waals surface area contributed by atoms with E-state index in [-0.39, 0.29) is 0 Å². The summed E-state index contributed by atoms with van der Waals surface area (Å²) in [5.74, 6) is 0. The van der Waals surface area contributed by atoms with Crippen molar-refractivity contribution in [3.05, 3.63) is 279 Å². The predicted molar refractivity (Wildman–Crippen MR) is 317 cm³/mol. The standard InChI is InChI=1S/C72H46N2O/c1-3-16-60-49(12-1)24-25-52-26-27-55(45-67(52)60)54-15-11-14-53(44-54)47-28-36-57(37-29-47)73(58-38-30-48(31-39-58)56-35-42-65-66-43-34-50-13-2-4-18-62(50)72(66)75-71(65)46-56)59-40-32-51(33-41-59)61-17-5-8-21-68(61)74-69-22-9-6-19-63(69)64-20-7-10-23-70(64)74/h1-46H. The average molecular weight is 955 g/mol. The van der Waals surface area contributed by atoms with Gasteiger partial charge in [0.1, 0.15) is 11.2 Å². The summed E-state index contributed by atoms with van der Waals surface area (Å²) < 4.78 is 9.02. The molecule has 15 rings (SSSR count). The molecule has 15 aromatic rings. The van der Waals surface area contributed by atoms with Crippen molar-refractivity contribution >= 4 is 93.1 Å². The highest BCUT2D eigenvalue weighted by atomic mass is 16.3. The second kappa shape index (κ2) is 17.4. The zero-order valence-electron chi connectivity index (χ0n) is 40.9. The summed E-state index contributed by atoms with van der Waals surface area (Å²) in [6.07, 6.45) is 0. The van der Waals surface area contributed by atoms with Crippen LogP contribution >= 0.6 is 0 Å². The van der Waals surface area contributed by atoms with E-state index in [1.807, 2.05) is 0 Å². The lowest BCUT2D eigenvalue weighted by Gasteiger charge is -2.26. The van der Waals surface area contributed by atoms with Crippen LogP contribution in [0.25, 0.3) is 126 Å². The maximum atomic E-state index is 6.60. The molecule has 3 nitrogen and oxygen atoms in total. The summed E-state index contributed by atoms with van der Waals surface area (Å²) in [6.45, 7) is 0. The van der Waals surface area contributed by atoms with Crippen LogP contribution in [-0.4, -0.2) is 4.57 Å². The molecule has 0 saturated carbocycles. The number of fused-ring (bicyclic) bond motifs is 11. The van der Waals surface area contributed by atoms with Gasteiger partial charge in [-0.25, -0.2) is 0 Å². The molecular formula is C72H46N2O. The van der Waals surface area contributed by atoms with E-state index in [2.05, 4.69) is 289 Å². The monoisotopic (exact) mass is 954 g/mol. The van der Waals surface area contributed by atoms with Crippen LogP contribution in [0.2, 0.25) is 0 Å². The van der Waals surface area contributed by atoms with Gasteiger partial charge >= 0.3 is 0 Å². The summed E-state index contributed by atoms with van der Waals surface area (Å²) >= 11 is 0. The maximum Gasteiger partial charge on any atom is 0.143 e. The smallest absolute Gasteiger partial charge is 0.143 e. The highest BCUT2D eigenvalue weighted by Crippen LogP contribution is 2.42. The Labute approximate surface area is 434 Å². The van der Waals surface area contributed by atoms with Crippen LogP contribution in [0.15, 0.2) is 283 Å². The summed E-state index contributed by atoms with van der Waals surface area (Å²) in [4.78, 5) is 2.36. The van der Waals surface area contributed by atoms with E-state index < -0.39 is 0 Å². The van der Waals surface area contributed by atoms with Crippen LogP contribution in [0.4, 0.5) is 17.1 Å². The van der Waals surface area contributed by atoms with E-state index in [4.69, 9.17) is 4.42 Å². The molecule has 2 aromatic heterocycles. The SMILES string of the molecule is c1cc(-c2ccc(N(c3ccc(-c4ccc5c(c4)oc4c6ccccc6ccc54)cc3)c3ccc(-c4ccccc4-n4c5ccccc5c5ccccc54)cc3)cc2)cc(-c2ccc3ccc4ccccc4c3c2)c1. The quantitative estimate of drug-likeness (QED) is 0.142. The fourth-order valence-electron chi connectivity index (χ4n) is 11.7. The third-order valence-corrected chi connectivity index (χ3v) is 15.4. The van der Waals surface area contributed by atoms with Gasteiger partial charge in [-0.3, -0.25) is 0 Å². The molecule has 0 spiro atoms. The summed E-state index contributed by atoms with van der Waals surface area (Å²) in [5.41, 5.74) is 17.9. The van der Waals surface area contributed by atoms with E-state index in [0.717, 1.165) is 72.3 Å². The highest BCUT2D eigenvalue weighted by Gasteiger charge is 2.19. The van der Waals surface area contributed by atoms with E-state index in [1.54, 1.807) is 0 Å². The number of rotatable bonds is 8. The number of hydrogen-bond acceptors (Lipinski definition) is 2. The number of hydrogen-bond donors (Lipinski definition) is 0. The lowest BCUT2D eigenvalue weighted by atomic mass is 9.95. The van der Waals surface area contributed by atoms with E-state index in [9.17, 15) is 0 Å². The first kappa shape index (κ1) is 42.7. The average Bonchev–Trinajstić information content (AvgIpc) is 4.03. The van der Waals surface area contributed by atoms with E-state index in [1.165, 1.54) is 71.0 Å². The summed E-state index contributed by atoms with van der Waals surface area (Å²) in [7, 11) is 0. The number of benzene rings is 13. The number of nitrogens with zero attached hydrogens (tertiary/aromatic N) is 2. The number of anilines is 3. The topological polar surface area (TPSA) is 21.3 Å². The first-order valence-electron chi connectivity index (χ1n) is 25.7. The highest BCUT2D eigenvalue weighted by molar-refractivity contribution is 6.16. The van der Waals surface area contributed by atoms with Gasteiger partial charge in [-0.05, 0) is 151 Å². The van der Waals surface area contributed by atoms with Crippen molar-refractivity contribution in [2.45, 2.75) is 0 Å². The van der Waals surface area contributed by atoms with Crippen LogP contribution in [-0.2, 0) is 0 Å². The minimum Gasteiger partial charge on any atom is -0.455 e. The lowest BCUT2D eigenvalue weighted by Crippen LogP contribution is -2.09. The number of aromatic nitrogens is 1. The second-order valence-electron chi connectivity index (χ2n) is 19.6. The second-order valence-corrected chi connectivity index (χ2v) is 19.6. The molecular weight excluding hydrogens is 909 g/mol. The number of furan rings is 1. The molecule has 350 valence electrons. The van der Waals surface area contributed by atoms with Crippen molar-refractivity contribution in [1.82, 2.24) is 4.57 Å². The molecule has 0 atom stereocenters. The van der Waals surface area contributed by atoms with Crippen molar-refractivity contribution < 1.29 is 4.42 Å². The van der Waals surface area contributed by atoms with Gasteiger partial charge in [-0.2, -0.15) is 0 Å². The van der Waals surface area contributed by atoms with Crippen LogP contribution in [0.3, 0.4) is 0 Å². The van der Waals surface area contributed by atoms with Crippen molar-refractivity contribution in [1.29, 1.82) is 0 Å². The molecule has 75 heavy (non-hydrogen) atoms. The molecule has 0 fully saturated rings. The van der Waals surface area contributed by atoms with Crippen molar-refractivity contribution in [3.8, 4) is 50.2 Å². The Balaban J connectivity index is 0.802. The Morgan fingerprint density at radius 2 is 0.720 bits per heavy atom. The van der Waals surface area contributed by atoms with Gasteiger partial charge in [-0.1, -0.05) is 194 Å². The largest absolute Gasteiger partial charge is 0.455 e. The molecule has 0 aliphatic heterocycles. The molecule has 2 heterocycles. The molecule has 0 saturated heterocycles. The Kier molecular flexibility index (Phi) is 9.89. The molecule has 13 aromatic carbocycles. The zero-order chi connectivity index (χ0) is 49.4. The van der Waals surface area contributed by atoms with Gasteiger partial charge < -0.3 is 13.9 Å². The fourth-order valence-corrected chi connectivity index (χ4v) is 11.7. The minimum atomic E-state index is 0.890. The minimum absolute atomic E-state index is 0.890. The third kappa shape index (κ3) is 7.20. The molecule has 0 radical (unpaired) electrons. The Bertz CT molecular complexity index is 4640. The van der Waals surface area contributed by atoms with Gasteiger partial charge in [0.25, 0.3) is 0 Å². The van der Waals surface area contributed by atoms with Gasteiger partial charge in [0.2, 0.25) is 0 Å². The Morgan fingerprint density at radius 3 is 1.40 bits per heavy atom. The normalized spacial score (nSPS) is 11.7. The van der Waals surface area contributed by atoms with Gasteiger partial charge in [0, 0.05) is 49.6 Å². The first-order chi connectivity index (χ1) is 37.2. The van der Waals surface area contributed by atoms with Crippen LogP contribution in [0.5, 0.6) is 0 Å². The number of para-hydroxylation sites is 3. The third-order valence-electron chi connectivity index (χ3n) is 15.4. The summed E-state index contributed by atoms with van der Waals surface area (Å²) in [6, 6.07) is 101. The van der Waals surface area contributed by atoms with Gasteiger partial charge in [0.05, 0.1) is 16.7 Å². The lowest BCUT2D eigenvalue weighted by molar-refractivity contribution is 0.673. The van der Waals surface area contributed by atoms with Crippen molar-refractivity contribution in [2.24, 2.45) is 0 Å². The van der Waals surface area contributed by atoms with Gasteiger partial charge in [0.15, 0.2) is 0 Å². The molecule has 0 unspecified atom stereocenters. The fraction of sp³-hybridized carbons (Fsp3) is 0. The van der Waals surface area contributed by atoms with Crippen LogP contribution in [0, 0.1) is 0 Å².